The monoisotopic (exact) mass is 425 g/mol. The fraction of sp³-hybridized carbons (Fsp3) is 0.429. The Morgan fingerprint density at radius 3 is 2.64 bits per heavy atom. The number of amides is 1. The summed E-state index contributed by atoms with van der Waals surface area (Å²) in [5, 5.41) is 6.35. The molecule has 5 nitrogen and oxygen atoms in total. The minimum atomic E-state index is 0. The van der Waals surface area contributed by atoms with Gasteiger partial charge in [0.05, 0.1) is 0 Å². The topological polar surface area (TPSA) is 63.2 Å². The van der Waals surface area contributed by atoms with Gasteiger partial charge in [0.25, 0.3) is 0 Å². The lowest BCUT2D eigenvalue weighted by Gasteiger charge is -2.22. The number of aryl methyl sites for hydroxylation is 2. The van der Waals surface area contributed by atoms with Crippen LogP contribution in [0.5, 0.6) is 11.6 Å². The fourth-order valence-corrected chi connectivity index (χ4v) is 3.19. The number of piperidine rings is 1. The average molecular weight is 426 g/mol. The third-order valence-electron chi connectivity index (χ3n) is 4.82. The molecule has 28 heavy (non-hydrogen) atoms. The second kappa shape index (κ2) is 11.9. The molecule has 1 saturated heterocycles. The summed E-state index contributed by atoms with van der Waals surface area (Å²) >= 11 is 0. The van der Waals surface area contributed by atoms with E-state index < -0.39 is 0 Å². The van der Waals surface area contributed by atoms with Gasteiger partial charge in [0.15, 0.2) is 0 Å². The normalized spacial score (nSPS) is 13.8. The number of halogens is 2. The molecule has 1 aromatic carbocycles. The predicted octanol–water partition coefficient (Wildman–Crippen LogP) is 5.05. The lowest BCUT2D eigenvalue weighted by molar-refractivity contribution is -0.116. The number of pyridine rings is 1. The van der Waals surface area contributed by atoms with Crippen LogP contribution in [0.15, 0.2) is 36.5 Å². The SMILES string of the molecule is Cc1ccnc(Oc2cc(NC(=O)CCC3CCNCC3)ccc2C)c1.Cl.Cl. The number of anilines is 1. The predicted molar refractivity (Wildman–Crippen MR) is 118 cm³/mol. The van der Waals surface area contributed by atoms with Crippen molar-refractivity contribution in [2.24, 2.45) is 5.92 Å². The van der Waals surface area contributed by atoms with Crippen LogP contribution in [-0.2, 0) is 4.79 Å². The maximum absolute atomic E-state index is 12.3. The van der Waals surface area contributed by atoms with Gasteiger partial charge < -0.3 is 15.4 Å². The molecule has 7 heteroatoms. The smallest absolute Gasteiger partial charge is 0.224 e. The summed E-state index contributed by atoms with van der Waals surface area (Å²) in [4.78, 5) is 16.5. The Bertz CT molecular complexity index is 765. The van der Waals surface area contributed by atoms with Gasteiger partial charge in [0.1, 0.15) is 5.75 Å². The number of carbonyl (C=O) groups is 1. The van der Waals surface area contributed by atoms with Crippen molar-refractivity contribution < 1.29 is 9.53 Å². The zero-order chi connectivity index (χ0) is 18.4. The highest BCUT2D eigenvalue weighted by atomic mass is 35.5. The van der Waals surface area contributed by atoms with Crippen LogP contribution in [0.25, 0.3) is 0 Å². The van der Waals surface area contributed by atoms with Gasteiger partial charge >= 0.3 is 0 Å². The van der Waals surface area contributed by atoms with Crippen LogP contribution < -0.4 is 15.4 Å². The Balaban J connectivity index is 0.00000196. The number of hydrogen-bond donors (Lipinski definition) is 2. The second-order valence-electron chi connectivity index (χ2n) is 7.03. The molecule has 3 rings (SSSR count). The number of ether oxygens (including phenoxy) is 1. The van der Waals surface area contributed by atoms with E-state index in [9.17, 15) is 4.79 Å². The van der Waals surface area contributed by atoms with E-state index in [4.69, 9.17) is 4.74 Å². The molecule has 0 bridgehead atoms. The number of rotatable bonds is 6. The van der Waals surface area contributed by atoms with Crippen LogP contribution in [0.2, 0.25) is 0 Å². The lowest BCUT2D eigenvalue weighted by Crippen LogP contribution is -2.28. The van der Waals surface area contributed by atoms with E-state index in [1.54, 1.807) is 6.20 Å². The molecule has 1 aliphatic rings. The Labute approximate surface area is 179 Å². The van der Waals surface area contributed by atoms with E-state index >= 15 is 0 Å². The number of hydrogen-bond acceptors (Lipinski definition) is 4. The molecule has 0 unspecified atom stereocenters. The zero-order valence-electron chi connectivity index (χ0n) is 16.4. The van der Waals surface area contributed by atoms with Crippen molar-refractivity contribution in [1.82, 2.24) is 10.3 Å². The molecule has 2 N–H and O–H groups in total. The number of carbonyl (C=O) groups excluding carboxylic acids is 1. The van der Waals surface area contributed by atoms with E-state index in [0.717, 1.165) is 36.3 Å². The first-order valence-electron chi connectivity index (χ1n) is 9.32. The van der Waals surface area contributed by atoms with Gasteiger partial charge in [-0.2, -0.15) is 0 Å². The Hall–Kier alpha value is -1.82. The maximum atomic E-state index is 12.3. The highest BCUT2D eigenvalue weighted by Crippen LogP contribution is 2.27. The molecule has 1 fully saturated rings. The molecule has 1 aromatic heterocycles. The van der Waals surface area contributed by atoms with Gasteiger partial charge in [0, 0.05) is 30.4 Å². The van der Waals surface area contributed by atoms with E-state index in [0.29, 0.717) is 24.0 Å². The molecule has 1 aliphatic heterocycles. The summed E-state index contributed by atoms with van der Waals surface area (Å²) in [6.45, 7) is 6.12. The molecule has 0 spiro atoms. The largest absolute Gasteiger partial charge is 0.439 e. The molecule has 0 aliphatic carbocycles. The number of benzene rings is 1. The Morgan fingerprint density at radius 1 is 1.18 bits per heavy atom. The first-order chi connectivity index (χ1) is 12.6. The van der Waals surface area contributed by atoms with Crippen LogP contribution in [0.3, 0.4) is 0 Å². The Kier molecular flexibility index (Phi) is 10.3. The van der Waals surface area contributed by atoms with Gasteiger partial charge in [-0.15, -0.1) is 24.8 Å². The molecule has 154 valence electrons. The highest BCUT2D eigenvalue weighted by Gasteiger charge is 2.15. The van der Waals surface area contributed by atoms with Crippen LogP contribution in [0.4, 0.5) is 5.69 Å². The van der Waals surface area contributed by atoms with E-state index in [-0.39, 0.29) is 30.7 Å². The van der Waals surface area contributed by atoms with Crippen molar-refractivity contribution >= 4 is 36.4 Å². The summed E-state index contributed by atoms with van der Waals surface area (Å²) < 4.78 is 5.90. The van der Waals surface area contributed by atoms with Gasteiger partial charge in [-0.05, 0) is 75.4 Å². The van der Waals surface area contributed by atoms with Gasteiger partial charge in [0.2, 0.25) is 11.8 Å². The van der Waals surface area contributed by atoms with Crippen molar-refractivity contribution in [2.75, 3.05) is 18.4 Å². The number of nitrogens with zero attached hydrogens (tertiary/aromatic N) is 1. The minimum Gasteiger partial charge on any atom is -0.439 e. The minimum absolute atomic E-state index is 0. The van der Waals surface area contributed by atoms with Crippen molar-refractivity contribution in [3.8, 4) is 11.6 Å². The van der Waals surface area contributed by atoms with E-state index in [2.05, 4.69) is 15.6 Å². The third kappa shape index (κ3) is 7.30. The maximum Gasteiger partial charge on any atom is 0.224 e. The molecule has 1 amide bonds. The highest BCUT2D eigenvalue weighted by molar-refractivity contribution is 5.91. The van der Waals surface area contributed by atoms with Gasteiger partial charge in [-0.1, -0.05) is 6.07 Å². The van der Waals surface area contributed by atoms with Crippen LogP contribution >= 0.6 is 24.8 Å². The van der Waals surface area contributed by atoms with Crippen molar-refractivity contribution in [1.29, 1.82) is 0 Å². The first-order valence-corrected chi connectivity index (χ1v) is 9.32. The summed E-state index contributed by atoms with van der Waals surface area (Å²) in [7, 11) is 0. The Morgan fingerprint density at radius 2 is 1.93 bits per heavy atom. The zero-order valence-corrected chi connectivity index (χ0v) is 18.0. The molecule has 0 saturated carbocycles. The van der Waals surface area contributed by atoms with Gasteiger partial charge in [-0.3, -0.25) is 4.79 Å². The van der Waals surface area contributed by atoms with E-state index in [1.807, 2.05) is 44.2 Å². The fourth-order valence-electron chi connectivity index (χ4n) is 3.19. The summed E-state index contributed by atoms with van der Waals surface area (Å²) in [6, 6.07) is 9.55. The number of nitrogens with one attached hydrogen (secondary N) is 2. The summed E-state index contributed by atoms with van der Waals surface area (Å²) in [6.07, 6.45) is 5.58. The molecule has 2 heterocycles. The second-order valence-corrected chi connectivity index (χ2v) is 7.03. The molecule has 0 atom stereocenters. The number of aromatic nitrogens is 1. The van der Waals surface area contributed by atoms with Crippen molar-refractivity contribution in [3.05, 3.63) is 47.7 Å². The van der Waals surface area contributed by atoms with E-state index in [1.165, 1.54) is 12.8 Å². The summed E-state index contributed by atoms with van der Waals surface area (Å²) in [5.41, 5.74) is 2.85. The summed E-state index contributed by atoms with van der Waals surface area (Å²) in [5.74, 6) is 1.99. The van der Waals surface area contributed by atoms with Crippen LogP contribution in [0.1, 0.15) is 36.8 Å². The third-order valence-corrected chi connectivity index (χ3v) is 4.82. The molecular weight excluding hydrogens is 397 g/mol. The first kappa shape index (κ1) is 24.2. The quantitative estimate of drug-likeness (QED) is 0.679. The van der Waals surface area contributed by atoms with Crippen molar-refractivity contribution in [2.45, 2.75) is 39.5 Å². The molecule has 0 radical (unpaired) electrons. The lowest BCUT2D eigenvalue weighted by atomic mass is 9.93. The van der Waals surface area contributed by atoms with Crippen LogP contribution in [0, 0.1) is 19.8 Å². The average Bonchev–Trinajstić information content (AvgIpc) is 2.64. The van der Waals surface area contributed by atoms with Gasteiger partial charge in [-0.25, -0.2) is 4.98 Å². The molecular formula is C21H29Cl2N3O2. The van der Waals surface area contributed by atoms with Crippen LogP contribution in [-0.4, -0.2) is 24.0 Å². The van der Waals surface area contributed by atoms with Crippen molar-refractivity contribution in [3.63, 3.8) is 0 Å². The molecule has 2 aromatic rings. The standard InChI is InChI=1S/C21H27N3O2.2ClH/c1-15-7-12-23-21(13-15)26-19-14-18(5-3-16(19)2)24-20(25)6-4-17-8-10-22-11-9-17;;/h3,5,7,12-14,17,22H,4,6,8-11H2,1-2H3,(H,24,25);2*1H.